The number of methoxy groups -OCH3 is 1. The van der Waals surface area contributed by atoms with Crippen molar-refractivity contribution >= 4 is 0 Å². The number of aliphatic hydroxyl groups excluding tert-OH is 1. The second-order valence-corrected chi connectivity index (χ2v) is 14.1. The summed E-state index contributed by atoms with van der Waals surface area (Å²) in [7, 11) is 1.62. The van der Waals surface area contributed by atoms with Gasteiger partial charge in [0.05, 0.1) is 33.5 Å². The van der Waals surface area contributed by atoms with Crippen LogP contribution in [0, 0.1) is 0 Å². The lowest BCUT2D eigenvalue weighted by Gasteiger charge is -2.49. The van der Waals surface area contributed by atoms with Crippen molar-refractivity contribution in [2.24, 2.45) is 0 Å². The normalized spacial score (nSPS) is 33.4. The van der Waals surface area contributed by atoms with Gasteiger partial charge in [-0.15, -0.1) is 0 Å². The van der Waals surface area contributed by atoms with Gasteiger partial charge in [-0.05, 0) is 51.0 Å². The van der Waals surface area contributed by atoms with Gasteiger partial charge in [0.2, 0.25) is 0 Å². The van der Waals surface area contributed by atoms with Gasteiger partial charge in [0, 0.05) is 5.56 Å². The lowest BCUT2D eigenvalue weighted by atomic mass is 9.96. The summed E-state index contributed by atoms with van der Waals surface area (Å²) in [6.07, 6.45) is -8.16. The van der Waals surface area contributed by atoms with Crippen LogP contribution in [0.5, 0.6) is 5.75 Å². The van der Waals surface area contributed by atoms with Crippen LogP contribution < -0.4 is 4.74 Å². The highest BCUT2D eigenvalue weighted by atomic mass is 16.8. The molecule has 4 fully saturated rings. The van der Waals surface area contributed by atoms with E-state index in [-0.39, 0.29) is 26.4 Å². The van der Waals surface area contributed by atoms with Crippen molar-refractivity contribution in [2.75, 3.05) is 20.3 Å². The molecule has 0 aliphatic carbocycles. The van der Waals surface area contributed by atoms with Crippen molar-refractivity contribution in [2.45, 2.75) is 114 Å². The minimum Gasteiger partial charge on any atom is -0.497 e. The average molecular weight is 709 g/mol. The van der Waals surface area contributed by atoms with Crippen molar-refractivity contribution in [1.29, 1.82) is 0 Å². The molecule has 276 valence electrons. The molecule has 51 heavy (non-hydrogen) atoms. The molecule has 4 aliphatic rings. The molecule has 12 nitrogen and oxygen atoms in total. The zero-order valence-electron chi connectivity index (χ0n) is 29.6. The fourth-order valence-electron chi connectivity index (χ4n) is 6.90. The van der Waals surface area contributed by atoms with Crippen molar-refractivity contribution in [3.05, 3.63) is 102 Å². The summed E-state index contributed by atoms with van der Waals surface area (Å²) >= 11 is 0. The summed E-state index contributed by atoms with van der Waals surface area (Å²) < 4.78 is 68.8. The smallest absolute Gasteiger partial charge is 0.190 e. The van der Waals surface area contributed by atoms with Crippen LogP contribution in [-0.4, -0.2) is 92.3 Å². The molecular weight excluding hydrogens is 660 g/mol. The summed E-state index contributed by atoms with van der Waals surface area (Å²) in [6, 6.07) is 27.2. The molecule has 4 aliphatic heterocycles. The number of benzene rings is 3. The SMILES string of the molecule is COc1ccc(CO[C@@H]2[C@H](OC(O)[C@H]3OC(C)(C)O[C@H]3[C@H]3COC(C)(C)O3)O[C@@H]3COC(c4ccccc4)O[C@H]3[C@@H]2OCc2ccccc2)cc1. The largest absolute Gasteiger partial charge is 0.497 e. The average Bonchev–Trinajstić information content (AvgIpc) is 3.68. The van der Waals surface area contributed by atoms with Crippen LogP contribution in [-0.2, 0) is 60.6 Å². The van der Waals surface area contributed by atoms with Crippen LogP contribution in [0.4, 0.5) is 0 Å². The van der Waals surface area contributed by atoms with E-state index in [2.05, 4.69) is 0 Å². The Morgan fingerprint density at radius 1 is 0.706 bits per heavy atom. The first kappa shape index (κ1) is 36.4. The van der Waals surface area contributed by atoms with E-state index < -0.39 is 73.2 Å². The predicted molar refractivity (Wildman–Crippen MR) is 181 cm³/mol. The Labute approximate surface area is 298 Å². The van der Waals surface area contributed by atoms with Gasteiger partial charge < -0.3 is 57.2 Å². The Bertz CT molecular complexity index is 1540. The first-order chi connectivity index (χ1) is 24.6. The lowest BCUT2D eigenvalue weighted by Crippen LogP contribution is -2.64. The number of ether oxygens (including phenoxy) is 11. The van der Waals surface area contributed by atoms with Crippen LogP contribution in [0.15, 0.2) is 84.9 Å². The number of rotatable bonds is 12. The molecule has 0 bridgehead atoms. The molecule has 3 aromatic rings. The number of fused-ring (bicyclic) bond motifs is 1. The monoisotopic (exact) mass is 708 g/mol. The van der Waals surface area contributed by atoms with Gasteiger partial charge in [-0.25, -0.2) is 0 Å². The van der Waals surface area contributed by atoms with E-state index in [0.29, 0.717) is 0 Å². The quantitative estimate of drug-likeness (QED) is 0.255. The van der Waals surface area contributed by atoms with Gasteiger partial charge in [-0.2, -0.15) is 0 Å². The van der Waals surface area contributed by atoms with Crippen molar-refractivity contribution in [3.8, 4) is 5.75 Å². The highest BCUT2D eigenvalue weighted by Crippen LogP contribution is 2.40. The van der Waals surface area contributed by atoms with E-state index in [1.165, 1.54) is 0 Å². The molecule has 3 aromatic carbocycles. The third kappa shape index (κ3) is 8.64. The second-order valence-electron chi connectivity index (χ2n) is 14.1. The molecule has 7 rings (SSSR count). The van der Waals surface area contributed by atoms with E-state index >= 15 is 0 Å². The summed E-state index contributed by atoms with van der Waals surface area (Å²) in [5, 5.41) is 11.8. The number of aliphatic hydroxyl groups is 1. The van der Waals surface area contributed by atoms with Crippen molar-refractivity contribution in [1.82, 2.24) is 0 Å². The fraction of sp³-hybridized carbons (Fsp3) is 0.538. The maximum absolute atomic E-state index is 11.8. The Balaban J connectivity index is 1.17. The molecule has 0 aromatic heterocycles. The third-order valence-corrected chi connectivity index (χ3v) is 9.36. The second kappa shape index (κ2) is 15.6. The highest BCUT2D eigenvalue weighted by molar-refractivity contribution is 5.26. The van der Waals surface area contributed by atoms with E-state index in [9.17, 15) is 5.11 Å². The zero-order valence-corrected chi connectivity index (χ0v) is 29.6. The first-order valence-corrected chi connectivity index (χ1v) is 17.5. The fourth-order valence-corrected chi connectivity index (χ4v) is 6.90. The number of hydrogen-bond donors (Lipinski definition) is 1. The van der Waals surface area contributed by atoms with E-state index in [1.54, 1.807) is 21.0 Å². The third-order valence-electron chi connectivity index (χ3n) is 9.36. The molecule has 0 saturated carbocycles. The van der Waals surface area contributed by atoms with Crippen molar-refractivity contribution in [3.63, 3.8) is 0 Å². The molecule has 10 atom stereocenters. The minimum absolute atomic E-state index is 0.191. The van der Waals surface area contributed by atoms with E-state index in [0.717, 1.165) is 22.4 Å². The Kier molecular flexibility index (Phi) is 11.1. The predicted octanol–water partition coefficient (Wildman–Crippen LogP) is 5.01. The molecule has 0 radical (unpaired) electrons. The van der Waals surface area contributed by atoms with Crippen LogP contribution >= 0.6 is 0 Å². The summed E-state index contributed by atoms with van der Waals surface area (Å²) in [6.45, 7) is 8.15. The molecule has 4 heterocycles. The molecule has 0 spiro atoms. The van der Waals surface area contributed by atoms with Crippen LogP contribution in [0.25, 0.3) is 0 Å². The summed E-state index contributed by atoms with van der Waals surface area (Å²) in [4.78, 5) is 0. The molecular formula is C39H48O12. The summed E-state index contributed by atoms with van der Waals surface area (Å²) in [5.41, 5.74) is 2.74. The Hall–Kier alpha value is -2.98. The standard InChI is InChI=1S/C39H48O12/c1-38(2)45-23-29(49-38)31-33(51-39(3,4)50-31)35(40)48-37-34(43-21-25-16-18-27(41-5)19-17-25)32(42-20-24-12-8-6-9-13-24)30-28(46-37)22-44-36(47-30)26-14-10-7-11-15-26/h6-19,28-37,40H,20-23H2,1-5H3/t28-,29-,30-,31+,32+,33+,34+,35?,36?,37+/m1/s1. The number of hydrogen-bond acceptors (Lipinski definition) is 12. The topological polar surface area (TPSA) is 122 Å². The molecule has 0 amide bonds. The van der Waals surface area contributed by atoms with Crippen LogP contribution in [0.2, 0.25) is 0 Å². The molecule has 2 unspecified atom stereocenters. The summed E-state index contributed by atoms with van der Waals surface area (Å²) in [5.74, 6) is -1.09. The van der Waals surface area contributed by atoms with Gasteiger partial charge >= 0.3 is 0 Å². The van der Waals surface area contributed by atoms with Crippen molar-refractivity contribution < 1.29 is 57.2 Å². The maximum Gasteiger partial charge on any atom is 0.190 e. The molecule has 4 saturated heterocycles. The first-order valence-electron chi connectivity index (χ1n) is 17.5. The van der Waals surface area contributed by atoms with Gasteiger partial charge in [-0.3, -0.25) is 0 Å². The van der Waals surface area contributed by atoms with E-state index in [4.69, 9.17) is 52.1 Å². The maximum atomic E-state index is 11.8. The molecule has 1 N–H and O–H groups in total. The highest BCUT2D eigenvalue weighted by Gasteiger charge is 2.56. The van der Waals surface area contributed by atoms with Gasteiger partial charge in [0.15, 0.2) is 30.4 Å². The Morgan fingerprint density at radius 2 is 1.37 bits per heavy atom. The van der Waals surface area contributed by atoms with E-state index in [1.807, 2.05) is 98.8 Å². The zero-order chi connectivity index (χ0) is 35.6. The Morgan fingerprint density at radius 3 is 2.04 bits per heavy atom. The van der Waals surface area contributed by atoms with Gasteiger partial charge in [-0.1, -0.05) is 72.8 Å². The van der Waals surface area contributed by atoms with Gasteiger partial charge in [0.1, 0.15) is 48.5 Å². The minimum atomic E-state index is -1.50. The van der Waals surface area contributed by atoms with Gasteiger partial charge in [0.25, 0.3) is 0 Å². The van der Waals surface area contributed by atoms with Crippen LogP contribution in [0.1, 0.15) is 50.7 Å². The van der Waals surface area contributed by atoms with Crippen LogP contribution in [0.3, 0.4) is 0 Å². The lowest BCUT2D eigenvalue weighted by molar-refractivity contribution is -0.391. The molecule has 12 heteroatoms.